The fourth-order valence-electron chi connectivity index (χ4n) is 7.50. The molecule has 1 fully saturated rings. The van der Waals surface area contributed by atoms with Gasteiger partial charge < -0.3 is 30.0 Å². The lowest BCUT2D eigenvalue weighted by Gasteiger charge is -2.32. The minimum Gasteiger partial charge on any atom is -0.432 e. The van der Waals surface area contributed by atoms with E-state index in [1.54, 1.807) is 21.7 Å². The van der Waals surface area contributed by atoms with Gasteiger partial charge in [0, 0.05) is 39.9 Å². The third-order valence-corrected chi connectivity index (χ3v) is 12.8. The number of anilines is 2. The van der Waals surface area contributed by atoms with E-state index < -0.39 is 32.0 Å². The number of aryl methyl sites for hydroxylation is 1. The molecule has 258 valence electrons. The van der Waals surface area contributed by atoms with Crippen molar-refractivity contribution in [2.45, 2.75) is 75.7 Å². The fraction of sp³-hybridized carbons (Fsp3) is 0.389. The third-order valence-electron chi connectivity index (χ3n) is 9.83. The second-order valence-corrected chi connectivity index (χ2v) is 18.5. The molecule has 0 aliphatic carbocycles. The van der Waals surface area contributed by atoms with Crippen molar-refractivity contribution in [3.63, 3.8) is 0 Å². The lowest BCUT2D eigenvalue weighted by atomic mass is 9.82. The van der Waals surface area contributed by atoms with Crippen LogP contribution in [0.5, 0.6) is 0 Å². The quantitative estimate of drug-likeness (QED) is 0.158. The van der Waals surface area contributed by atoms with E-state index in [-0.39, 0.29) is 36.4 Å². The first kappa shape index (κ1) is 35.1. The highest BCUT2D eigenvalue weighted by Gasteiger charge is 2.66. The van der Waals surface area contributed by atoms with Crippen molar-refractivity contribution in [2.75, 3.05) is 16.8 Å². The van der Waals surface area contributed by atoms with Crippen LogP contribution in [0.2, 0.25) is 18.6 Å². The van der Waals surface area contributed by atoms with Crippen molar-refractivity contribution in [3.8, 4) is 0 Å². The van der Waals surface area contributed by atoms with Crippen LogP contribution in [0.3, 0.4) is 0 Å². The number of aliphatic hydroxyl groups excluding tert-OH is 2. The van der Waals surface area contributed by atoms with Crippen LogP contribution in [0, 0.1) is 5.92 Å². The van der Waals surface area contributed by atoms with Crippen molar-refractivity contribution in [3.05, 3.63) is 106 Å². The molecular formula is C36H42BrN5O6Si. The molecule has 1 unspecified atom stereocenters. The van der Waals surface area contributed by atoms with E-state index >= 15 is 0 Å². The van der Waals surface area contributed by atoms with Gasteiger partial charge in [-0.05, 0) is 67.9 Å². The molecule has 0 bridgehead atoms. The summed E-state index contributed by atoms with van der Waals surface area (Å²) in [5.74, 6) is -1.30. The summed E-state index contributed by atoms with van der Waals surface area (Å²) in [6, 6.07) is 22.6. The van der Waals surface area contributed by atoms with Gasteiger partial charge in [-0.1, -0.05) is 70.5 Å². The summed E-state index contributed by atoms with van der Waals surface area (Å²) < 4.78 is 9.53. The van der Waals surface area contributed by atoms with E-state index in [1.807, 2.05) is 86.9 Å². The normalized spacial score (nSPS) is 23.1. The van der Waals surface area contributed by atoms with Gasteiger partial charge >= 0.3 is 0 Å². The zero-order valence-corrected chi connectivity index (χ0v) is 30.5. The maximum atomic E-state index is 14.7. The van der Waals surface area contributed by atoms with Crippen LogP contribution in [0.25, 0.3) is 0 Å². The van der Waals surface area contributed by atoms with Crippen molar-refractivity contribution >= 4 is 47.4 Å². The Kier molecular flexibility index (Phi) is 9.95. The van der Waals surface area contributed by atoms with E-state index in [9.17, 15) is 24.6 Å². The van der Waals surface area contributed by atoms with Crippen molar-refractivity contribution in [1.29, 1.82) is 0 Å². The van der Waals surface area contributed by atoms with Crippen LogP contribution >= 0.6 is 15.9 Å². The van der Waals surface area contributed by atoms with Gasteiger partial charge in [0.05, 0.1) is 36.6 Å². The second kappa shape index (κ2) is 13.9. The minimum atomic E-state index is -2.87. The smallest absolute Gasteiger partial charge is 0.264 e. The van der Waals surface area contributed by atoms with Crippen molar-refractivity contribution < 1.29 is 29.3 Å². The van der Waals surface area contributed by atoms with Crippen molar-refractivity contribution in [1.82, 2.24) is 15.0 Å². The summed E-state index contributed by atoms with van der Waals surface area (Å²) in [5.41, 5.74) is 2.98. The topological polar surface area (TPSA) is 150 Å². The number of nitrogens with zero attached hydrogens (tertiary/aromatic N) is 4. The number of ether oxygens (including phenoxy) is 1. The maximum absolute atomic E-state index is 14.7. The summed E-state index contributed by atoms with van der Waals surface area (Å²) in [5, 5.41) is 31.1. The monoisotopic (exact) mass is 747 g/mol. The molecule has 6 rings (SSSR count). The Bertz CT molecular complexity index is 1810. The number of amides is 2. The Morgan fingerprint density at radius 3 is 2.49 bits per heavy atom. The highest BCUT2D eigenvalue weighted by molar-refractivity contribution is 9.10. The second-order valence-electron chi connectivity index (χ2n) is 13.6. The molecule has 11 nitrogen and oxygen atoms in total. The van der Waals surface area contributed by atoms with E-state index in [0.717, 1.165) is 26.9 Å². The van der Waals surface area contributed by atoms with Crippen LogP contribution in [-0.4, -0.2) is 68.9 Å². The summed E-state index contributed by atoms with van der Waals surface area (Å²) in [6.07, 6.45) is 0.787. The van der Waals surface area contributed by atoms with Gasteiger partial charge in [-0.25, -0.2) is 0 Å². The molecule has 0 radical (unpaired) electrons. The van der Waals surface area contributed by atoms with Gasteiger partial charge in [-0.2, -0.15) is 0 Å². The molecule has 13 heteroatoms. The molecule has 1 spiro atoms. The standard InChI is InChI=1S/C36H42BrN5O6Si/c1-22-33(49(3,4)47)32(16-17-41-20-30(39-40-41)28(21-43)25-8-6-5-7-9-25)48-36(22)29-18-26(37)12-15-31(29)42(35(36)46)19-24-10-13-27(14-11-24)38-34(45)23(2)44/h5-15,18,20,22-23,28,32-33,43-44,47H,16-17,19,21H2,1-4H3,(H,38,45)/t22-,23-,28?,32+,33-,36+/m0/s1. The molecule has 2 aliphatic rings. The highest BCUT2D eigenvalue weighted by atomic mass is 79.9. The Morgan fingerprint density at radius 2 is 1.84 bits per heavy atom. The van der Waals surface area contributed by atoms with E-state index in [2.05, 4.69) is 31.6 Å². The third kappa shape index (κ3) is 6.75. The average molecular weight is 749 g/mol. The van der Waals surface area contributed by atoms with E-state index in [0.29, 0.717) is 24.3 Å². The predicted molar refractivity (Wildman–Crippen MR) is 191 cm³/mol. The number of benzene rings is 3. The molecule has 3 heterocycles. The van der Waals surface area contributed by atoms with Gasteiger partial charge in [0.1, 0.15) is 6.10 Å². The van der Waals surface area contributed by atoms with Gasteiger partial charge in [0.2, 0.25) is 0 Å². The molecular weight excluding hydrogens is 706 g/mol. The molecule has 0 saturated carbocycles. The summed E-state index contributed by atoms with van der Waals surface area (Å²) in [6.45, 7) is 7.86. The van der Waals surface area contributed by atoms with Gasteiger partial charge in [-0.3, -0.25) is 14.3 Å². The Hall–Kier alpha value is -3.72. The summed E-state index contributed by atoms with van der Waals surface area (Å²) >= 11 is 3.61. The van der Waals surface area contributed by atoms with E-state index in [4.69, 9.17) is 4.74 Å². The molecule has 3 aromatic carbocycles. The number of rotatable bonds is 11. The number of aromatic nitrogens is 3. The molecule has 2 aliphatic heterocycles. The first-order valence-electron chi connectivity index (χ1n) is 16.5. The largest absolute Gasteiger partial charge is 0.432 e. The highest BCUT2D eigenvalue weighted by Crippen LogP contribution is 2.60. The van der Waals surface area contributed by atoms with Crippen LogP contribution in [-0.2, 0) is 33.0 Å². The molecule has 4 N–H and O–H groups in total. The van der Waals surface area contributed by atoms with Crippen molar-refractivity contribution in [2.24, 2.45) is 5.92 Å². The molecule has 49 heavy (non-hydrogen) atoms. The number of hydrogen-bond acceptors (Lipinski definition) is 8. The Balaban J connectivity index is 1.26. The number of nitrogens with one attached hydrogen (secondary N) is 1. The number of hydrogen-bond donors (Lipinski definition) is 4. The Labute approximate surface area is 295 Å². The lowest BCUT2D eigenvalue weighted by Crippen LogP contribution is -2.46. The number of halogens is 1. The molecule has 1 aromatic heterocycles. The van der Waals surface area contributed by atoms with Gasteiger partial charge in [0.15, 0.2) is 13.9 Å². The summed E-state index contributed by atoms with van der Waals surface area (Å²) in [4.78, 5) is 40.1. The first-order valence-corrected chi connectivity index (χ1v) is 20.3. The predicted octanol–water partition coefficient (Wildman–Crippen LogP) is 4.92. The lowest BCUT2D eigenvalue weighted by molar-refractivity contribution is -0.146. The van der Waals surface area contributed by atoms with Gasteiger partial charge in [0.25, 0.3) is 11.8 Å². The zero-order chi connectivity index (χ0) is 35.1. The molecule has 2 amide bonds. The Morgan fingerprint density at radius 1 is 1.12 bits per heavy atom. The minimum absolute atomic E-state index is 0.0991. The number of aliphatic hydroxyl groups is 2. The van der Waals surface area contributed by atoms with Crippen LogP contribution in [0.15, 0.2) is 83.5 Å². The fourth-order valence-corrected chi connectivity index (χ4v) is 10.5. The van der Waals surface area contributed by atoms with E-state index in [1.165, 1.54) is 6.92 Å². The number of carbonyl (C=O) groups is 2. The number of carbonyl (C=O) groups excluding carboxylic acids is 2. The maximum Gasteiger partial charge on any atom is 0.264 e. The van der Waals surface area contributed by atoms with Crippen LogP contribution in [0.4, 0.5) is 11.4 Å². The first-order chi connectivity index (χ1) is 23.3. The van der Waals surface area contributed by atoms with Crippen LogP contribution in [0.1, 0.15) is 48.6 Å². The SMILES string of the molecule is C[C@H](O)C(=O)Nc1ccc(CN2C(=O)[C@]3(O[C@H](CCn4cc(C(CO)c5ccccc5)nn4)[C@@H]([Si](C)(C)O)[C@@H]3C)c3cc(Br)ccc32)cc1. The molecule has 6 atom stereocenters. The molecule has 4 aromatic rings. The van der Waals surface area contributed by atoms with Crippen LogP contribution < -0.4 is 10.2 Å². The summed E-state index contributed by atoms with van der Waals surface area (Å²) in [7, 11) is -2.87. The molecule has 1 saturated heterocycles. The number of fused-ring (bicyclic) bond motifs is 2. The average Bonchev–Trinajstić information content (AvgIpc) is 3.72. The zero-order valence-electron chi connectivity index (χ0n) is 28.0. The van der Waals surface area contributed by atoms with Gasteiger partial charge in [-0.15, -0.1) is 5.10 Å².